The first-order valence-electron chi connectivity index (χ1n) is 14.5. The first-order valence-corrected chi connectivity index (χ1v) is 14.5. The molecule has 6 rings (SSSR count). The number of ether oxygens (including phenoxy) is 1. The van der Waals surface area contributed by atoms with Gasteiger partial charge in [-0.05, 0) is 111 Å². The molecule has 6 heteroatoms. The Balaban J connectivity index is 1.19. The molecular formula is C30H45NO5. The molecule has 8 atom stereocenters. The molecule has 0 bridgehead atoms. The topological polar surface area (TPSA) is 83.1 Å². The molecule has 1 aliphatic heterocycles. The Morgan fingerprint density at radius 3 is 2.44 bits per heavy atom. The molecule has 2 heterocycles. The van der Waals surface area contributed by atoms with Gasteiger partial charge in [0.25, 0.3) is 0 Å². The van der Waals surface area contributed by atoms with Crippen molar-refractivity contribution in [1.82, 2.24) is 4.90 Å². The maximum Gasteiger partial charge on any atom is 0.335 e. The van der Waals surface area contributed by atoms with Crippen LogP contribution in [0.5, 0.6) is 0 Å². The van der Waals surface area contributed by atoms with E-state index >= 15 is 0 Å². The Bertz CT molecular complexity index is 1000. The zero-order valence-electron chi connectivity index (χ0n) is 22.2. The van der Waals surface area contributed by atoms with Gasteiger partial charge in [-0.1, -0.05) is 13.8 Å². The normalized spacial score (nSPS) is 47.1. The van der Waals surface area contributed by atoms with Crippen LogP contribution in [0.25, 0.3) is 0 Å². The van der Waals surface area contributed by atoms with Gasteiger partial charge in [-0.2, -0.15) is 0 Å². The summed E-state index contributed by atoms with van der Waals surface area (Å²) in [6, 6.07) is 3.42. The first kappa shape index (κ1) is 25.1. The second-order valence-electron chi connectivity index (χ2n) is 13.4. The van der Waals surface area contributed by atoms with Gasteiger partial charge >= 0.3 is 5.63 Å². The molecule has 0 unspecified atom stereocenters. The zero-order valence-corrected chi connectivity index (χ0v) is 22.2. The number of nitrogens with zero attached hydrogens (tertiary/aromatic N) is 1. The Hall–Kier alpha value is -1.21. The second-order valence-corrected chi connectivity index (χ2v) is 13.4. The van der Waals surface area contributed by atoms with Gasteiger partial charge in [-0.15, -0.1) is 0 Å². The van der Waals surface area contributed by atoms with Crippen molar-refractivity contribution in [2.45, 2.75) is 95.2 Å². The Morgan fingerprint density at radius 2 is 1.69 bits per heavy atom. The van der Waals surface area contributed by atoms with E-state index in [1.807, 2.05) is 6.07 Å². The van der Waals surface area contributed by atoms with Crippen LogP contribution in [0.4, 0.5) is 0 Å². The molecule has 5 aliphatic rings. The predicted molar refractivity (Wildman–Crippen MR) is 138 cm³/mol. The number of fused-ring (bicyclic) bond motifs is 5. The van der Waals surface area contributed by atoms with E-state index in [1.54, 1.807) is 6.26 Å². The number of rotatable bonds is 4. The van der Waals surface area contributed by atoms with E-state index in [-0.39, 0.29) is 28.3 Å². The SMILES string of the molecule is C[C@]12CC[C@H](CCN3CCOCC3)C[C@@]1(O)CC[C@@H]1[C@@H]2CC[C@]2(C)[C@@H](c3ccc(=O)oc3)CC[C@]12O. The molecule has 0 aromatic carbocycles. The smallest absolute Gasteiger partial charge is 0.335 e. The molecule has 1 aromatic heterocycles. The van der Waals surface area contributed by atoms with Gasteiger partial charge < -0.3 is 19.4 Å². The number of aliphatic hydroxyl groups is 2. The van der Waals surface area contributed by atoms with Crippen LogP contribution < -0.4 is 5.63 Å². The zero-order chi connectivity index (χ0) is 25.2. The largest absolute Gasteiger partial charge is 0.431 e. The van der Waals surface area contributed by atoms with Crippen LogP contribution in [0.15, 0.2) is 27.6 Å². The van der Waals surface area contributed by atoms with E-state index in [1.165, 1.54) is 18.9 Å². The third-order valence-corrected chi connectivity index (χ3v) is 12.2. The highest BCUT2D eigenvalue weighted by molar-refractivity contribution is 5.27. The van der Waals surface area contributed by atoms with Gasteiger partial charge in [-0.3, -0.25) is 4.90 Å². The minimum atomic E-state index is -0.728. The predicted octanol–water partition coefficient (Wildman–Crippen LogP) is 4.33. The average molecular weight is 500 g/mol. The van der Waals surface area contributed by atoms with E-state index < -0.39 is 11.2 Å². The Morgan fingerprint density at radius 1 is 0.944 bits per heavy atom. The quantitative estimate of drug-likeness (QED) is 0.642. The second kappa shape index (κ2) is 8.93. The molecule has 6 nitrogen and oxygen atoms in total. The highest BCUT2D eigenvalue weighted by Gasteiger charge is 2.69. The summed E-state index contributed by atoms with van der Waals surface area (Å²) in [5.74, 6) is 1.38. The number of hydrogen-bond acceptors (Lipinski definition) is 6. The fraction of sp³-hybridized carbons (Fsp3) is 0.833. The molecule has 0 amide bonds. The summed E-state index contributed by atoms with van der Waals surface area (Å²) in [5.41, 5.74) is -0.969. The van der Waals surface area contributed by atoms with Gasteiger partial charge in [0.05, 0.1) is 30.7 Å². The van der Waals surface area contributed by atoms with E-state index in [4.69, 9.17) is 9.15 Å². The summed E-state index contributed by atoms with van der Waals surface area (Å²) in [7, 11) is 0. The summed E-state index contributed by atoms with van der Waals surface area (Å²) < 4.78 is 10.7. The van der Waals surface area contributed by atoms with Gasteiger partial charge in [0.1, 0.15) is 0 Å². The lowest BCUT2D eigenvalue weighted by atomic mass is 9.41. The highest BCUT2D eigenvalue weighted by atomic mass is 16.5. The van der Waals surface area contributed by atoms with Crippen molar-refractivity contribution in [3.8, 4) is 0 Å². The molecule has 1 saturated heterocycles. The molecule has 36 heavy (non-hydrogen) atoms. The van der Waals surface area contributed by atoms with Gasteiger partial charge in [0.15, 0.2) is 0 Å². The average Bonchev–Trinajstić information content (AvgIpc) is 3.15. The molecule has 4 aliphatic carbocycles. The van der Waals surface area contributed by atoms with Gasteiger partial charge in [0, 0.05) is 24.6 Å². The molecular weight excluding hydrogens is 454 g/mol. The van der Waals surface area contributed by atoms with Crippen molar-refractivity contribution in [1.29, 1.82) is 0 Å². The summed E-state index contributed by atoms with van der Waals surface area (Å²) in [5, 5.41) is 24.6. The molecule has 0 spiro atoms. The molecule has 0 radical (unpaired) electrons. The third-order valence-electron chi connectivity index (χ3n) is 12.2. The van der Waals surface area contributed by atoms with Crippen molar-refractivity contribution in [2.75, 3.05) is 32.8 Å². The molecule has 200 valence electrons. The fourth-order valence-corrected chi connectivity index (χ4v) is 9.86. The van der Waals surface area contributed by atoms with Crippen LogP contribution >= 0.6 is 0 Å². The summed E-state index contributed by atoms with van der Waals surface area (Å²) >= 11 is 0. The monoisotopic (exact) mass is 499 g/mol. The summed E-state index contributed by atoms with van der Waals surface area (Å²) in [4.78, 5) is 14.1. The molecule has 4 saturated carbocycles. The van der Waals surface area contributed by atoms with Crippen LogP contribution in [0.2, 0.25) is 0 Å². The van der Waals surface area contributed by atoms with Gasteiger partial charge in [-0.25, -0.2) is 4.79 Å². The van der Waals surface area contributed by atoms with E-state index in [0.717, 1.165) is 89.8 Å². The summed E-state index contributed by atoms with van der Waals surface area (Å²) in [6.45, 7) is 9.50. The van der Waals surface area contributed by atoms with Crippen LogP contribution in [0.1, 0.15) is 89.5 Å². The van der Waals surface area contributed by atoms with Crippen LogP contribution in [0, 0.1) is 28.6 Å². The van der Waals surface area contributed by atoms with E-state index in [2.05, 4.69) is 18.7 Å². The van der Waals surface area contributed by atoms with Crippen molar-refractivity contribution in [2.24, 2.45) is 28.6 Å². The van der Waals surface area contributed by atoms with Gasteiger partial charge in [0.2, 0.25) is 0 Å². The van der Waals surface area contributed by atoms with Crippen molar-refractivity contribution in [3.63, 3.8) is 0 Å². The summed E-state index contributed by atoms with van der Waals surface area (Å²) in [6.07, 6.45) is 11.4. The molecule has 2 N–H and O–H groups in total. The lowest BCUT2D eigenvalue weighted by Crippen LogP contribution is -2.66. The maximum absolute atomic E-state index is 12.4. The Kier molecular flexibility index (Phi) is 6.22. The maximum atomic E-state index is 12.4. The van der Waals surface area contributed by atoms with E-state index in [9.17, 15) is 15.0 Å². The minimum Gasteiger partial charge on any atom is -0.431 e. The molecule has 5 fully saturated rings. The third kappa shape index (κ3) is 3.69. The van der Waals surface area contributed by atoms with Crippen molar-refractivity contribution in [3.05, 3.63) is 34.4 Å². The lowest BCUT2D eigenvalue weighted by Gasteiger charge is -2.66. The number of morpholine rings is 1. The van der Waals surface area contributed by atoms with Crippen molar-refractivity contribution < 1.29 is 19.4 Å². The lowest BCUT2D eigenvalue weighted by molar-refractivity contribution is -0.250. The number of hydrogen-bond donors (Lipinski definition) is 2. The standard InChI is InChI=1S/C30H45NO5/c1-27-10-5-21(9-14-31-15-17-35-18-16-31)19-29(27,33)12-7-25-24(27)6-11-28(2)23(8-13-30(25,28)34)22-3-4-26(32)36-20-22/h3-4,20-21,23-25,33-34H,5-19H2,1-2H3/t21-,23-,24+,25-,27-,28-,29+,30+/m1/s1. The highest BCUT2D eigenvalue weighted by Crippen LogP contribution is 2.71. The molecule has 1 aromatic rings. The van der Waals surface area contributed by atoms with Crippen LogP contribution in [-0.4, -0.2) is 59.2 Å². The van der Waals surface area contributed by atoms with Crippen molar-refractivity contribution >= 4 is 0 Å². The van der Waals surface area contributed by atoms with Crippen LogP contribution in [0.3, 0.4) is 0 Å². The van der Waals surface area contributed by atoms with Crippen LogP contribution in [-0.2, 0) is 4.74 Å². The fourth-order valence-electron chi connectivity index (χ4n) is 9.86. The first-order chi connectivity index (χ1) is 17.2. The Labute approximate surface area is 215 Å². The van der Waals surface area contributed by atoms with E-state index in [0.29, 0.717) is 11.8 Å². The minimum absolute atomic E-state index is 0.125.